The van der Waals surface area contributed by atoms with Crippen LogP contribution in [0.5, 0.6) is 5.75 Å². The number of rotatable bonds is 6. The molecule has 2 aromatic rings. The summed E-state index contributed by atoms with van der Waals surface area (Å²) >= 11 is 2.81. The SMILES string of the molecule is Cc1c(Br)c(C(F)(F)F)nn1CCC(=O)Nc1ccc(F)cc1OC(F)F. The second-order valence-electron chi connectivity index (χ2n) is 5.29. The number of carbonyl (C=O) groups excluding carboxylic acids is 1. The van der Waals surface area contributed by atoms with Crippen molar-refractivity contribution in [3.8, 4) is 5.75 Å². The Labute approximate surface area is 157 Å². The summed E-state index contributed by atoms with van der Waals surface area (Å²) < 4.78 is 81.2. The summed E-state index contributed by atoms with van der Waals surface area (Å²) in [6, 6.07) is 2.63. The molecule has 0 unspecified atom stereocenters. The van der Waals surface area contributed by atoms with Crippen molar-refractivity contribution in [2.45, 2.75) is 32.7 Å². The minimum Gasteiger partial charge on any atom is -0.432 e. The molecule has 12 heteroatoms. The van der Waals surface area contributed by atoms with Gasteiger partial charge in [-0.1, -0.05) is 0 Å². The number of nitrogens with one attached hydrogen (secondary N) is 1. The first kappa shape index (κ1) is 21.1. The number of ether oxygens (including phenoxy) is 1. The van der Waals surface area contributed by atoms with E-state index in [2.05, 4.69) is 31.1 Å². The predicted octanol–water partition coefficient (Wildman–Crippen LogP) is 4.74. The summed E-state index contributed by atoms with van der Waals surface area (Å²) in [5.74, 6) is -2.13. The molecule has 0 radical (unpaired) electrons. The average Bonchev–Trinajstić information content (AvgIpc) is 2.83. The van der Waals surface area contributed by atoms with Crippen LogP contribution in [0.1, 0.15) is 17.8 Å². The fraction of sp³-hybridized carbons (Fsp3) is 0.333. The van der Waals surface area contributed by atoms with E-state index in [1.165, 1.54) is 6.92 Å². The van der Waals surface area contributed by atoms with Crippen LogP contribution < -0.4 is 10.1 Å². The van der Waals surface area contributed by atoms with Gasteiger partial charge in [0.25, 0.3) is 0 Å². The van der Waals surface area contributed by atoms with E-state index in [4.69, 9.17) is 0 Å². The normalized spacial score (nSPS) is 11.7. The average molecular weight is 460 g/mol. The second-order valence-corrected chi connectivity index (χ2v) is 6.08. The standard InChI is InChI=1S/C15H12BrF6N3O2/c1-7-12(16)13(15(20,21)22)24-25(7)5-4-11(26)23-9-3-2-8(17)6-10(9)27-14(18)19/h2-3,6,14H,4-5H2,1H3,(H,23,26). The maximum absolute atomic E-state index is 13.1. The molecule has 2 rings (SSSR count). The summed E-state index contributed by atoms with van der Waals surface area (Å²) in [5, 5.41) is 5.66. The summed E-state index contributed by atoms with van der Waals surface area (Å²) in [5.41, 5.74) is -1.15. The van der Waals surface area contributed by atoms with Crippen LogP contribution in [-0.2, 0) is 17.5 Å². The molecule has 0 aliphatic rings. The van der Waals surface area contributed by atoms with Gasteiger partial charge in [-0.3, -0.25) is 9.48 Å². The number of benzene rings is 1. The molecule has 1 aromatic carbocycles. The van der Waals surface area contributed by atoms with E-state index in [9.17, 15) is 31.1 Å². The van der Waals surface area contributed by atoms with Gasteiger partial charge in [0.1, 0.15) is 5.82 Å². The van der Waals surface area contributed by atoms with Crippen molar-refractivity contribution >= 4 is 27.5 Å². The number of hydrogen-bond acceptors (Lipinski definition) is 3. The Bertz CT molecular complexity index is 838. The first-order valence-corrected chi connectivity index (χ1v) is 8.12. The highest BCUT2D eigenvalue weighted by Crippen LogP contribution is 2.35. The molecule has 0 saturated carbocycles. The monoisotopic (exact) mass is 459 g/mol. The second kappa shape index (κ2) is 8.19. The van der Waals surface area contributed by atoms with E-state index in [0.29, 0.717) is 6.07 Å². The van der Waals surface area contributed by atoms with E-state index in [0.717, 1.165) is 16.8 Å². The van der Waals surface area contributed by atoms with Crippen molar-refractivity contribution in [1.82, 2.24) is 9.78 Å². The lowest BCUT2D eigenvalue weighted by molar-refractivity contribution is -0.142. The molecule has 1 aromatic heterocycles. The maximum Gasteiger partial charge on any atom is 0.436 e. The smallest absolute Gasteiger partial charge is 0.432 e. The molecule has 1 amide bonds. The van der Waals surface area contributed by atoms with Gasteiger partial charge in [0, 0.05) is 12.5 Å². The molecule has 0 bridgehead atoms. The van der Waals surface area contributed by atoms with Gasteiger partial charge in [-0.05, 0) is 35.0 Å². The van der Waals surface area contributed by atoms with Crippen LogP contribution in [0.3, 0.4) is 0 Å². The van der Waals surface area contributed by atoms with Gasteiger partial charge in [-0.25, -0.2) is 4.39 Å². The minimum absolute atomic E-state index is 0.165. The number of aromatic nitrogens is 2. The van der Waals surface area contributed by atoms with Crippen LogP contribution in [0.4, 0.5) is 32.0 Å². The molecule has 148 valence electrons. The van der Waals surface area contributed by atoms with Crippen LogP contribution in [0.2, 0.25) is 0 Å². The van der Waals surface area contributed by atoms with Gasteiger partial charge < -0.3 is 10.1 Å². The Hall–Kier alpha value is -2.24. The first-order valence-electron chi connectivity index (χ1n) is 7.33. The summed E-state index contributed by atoms with van der Waals surface area (Å²) in [7, 11) is 0. The van der Waals surface area contributed by atoms with Crippen LogP contribution in [-0.4, -0.2) is 22.3 Å². The van der Waals surface area contributed by atoms with Crippen LogP contribution in [0.25, 0.3) is 0 Å². The molecule has 1 heterocycles. The molecule has 5 nitrogen and oxygen atoms in total. The van der Waals surface area contributed by atoms with E-state index < -0.39 is 36.0 Å². The molecule has 0 fully saturated rings. The molecule has 0 spiro atoms. The van der Waals surface area contributed by atoms with Crippen molar-refractivity contribution in [2.75, 3.05) is 5.32 Å². The van der Waals surface area contributed by atoms with Gasteiger partial charge >= 0.3 is 12.8 Å². The summed E-state index contributed by atoms with van der Waals surface area (Å²) in [6.45, 7) is -2.04. The van der Waals surface area contributed by atoms with Gasteiger partial charge in [0.05, 0.1) is 22.4 Å². The number of carbonyl (C=O) groups is 1. The molecule has 0 aliphatic carbocycles. The van der Waals surface area contributed by atoms with Gasteiger partial charge in [0.15, 0.2) is 11.4 Å². The number of nitrogens with zero attached hydrogens (tertiary/aromatic N) is 2. The summed E-state index contributed by atoms with van der Waals surface area (Å²) in [4.78, 5) is 12.0. The van der Waals surface area contributed by atoms with Crippen molar-refractivity contribution in [2.24, 2.45) is 0 Å². The zero-order valence-electron chi connectivity index (χ0n) is 13.6. The Morgan fingerprint density at radius 2 is 2.04 bits per heavy atom. The molecule has 0 aliphatic heterocycles. The zero-order valence-corrected chi connectivity index (χ0v) is 15.2. The molecular formula is C15H12BrF6N3O2. The zero-order chi connectivity index (χ0) is 20.4. The van der Waals surface area contributed by atoms with E-state index in [1.54, 1.807) is 0 Å². The molecule has 0 atom stereocenters. The van der Waals surface area contributed by atoms with Gasteiger partial charge in [0.2, 0.25) is 5.91 Å². The molecule has 0 saturated heterocycles. The molecule has 27 heavy (non-hydrogen) atoms. The number of aryl methyl sites for hydroxylation is 1. The lowest BCUT2D eigenvalue weighted by Gasteiger charge is -2.12. The number of hydrogen-bond donors (Lipinski definition) is 1. The van der Waals surface area contributed by atoms with E-state index in [1.807, 2.05) is 0 Å². The van der Waals surface area contributed by atoms with Crippen LogP contribution >= 0.6 is 15.9 Å². The maximum atomic E-state index is 13.1. The fourth-order valence-corrected chi connectivity index (χ4v) is 2.64. The number of alkyl halides is 5. The fourth-order valence-electron chi connectivity index (χ4n) is 2.14. The minimum atomic E-state index is -4.66. The third-order valence-electron chi connectivity index (χ3n) is 3.39. The Kier molecular flexibility index (Phi) is 6.39. The van der Waals surface area contributed by atoms with Gasteiger partial charge in [-0.15, -0.1) is 0 Å². The topological polar surface area (TPSA) is 56.2 Å². The van der Waals surface area contributed by atoms with Crippen LogP contribution in [0, 0.1) is 12.7 Å². The first-order chi connectivity index (χ1) is 12.5. The van der Waals surface area contributed by atoms with E-state index >= 15 is 0 Å². The van der Waals surface area contributed by atoms with E-state index in [-0.39, 0.29) is 28.8 Å². The molecular weight excluding hydrogens is 448 g/mol. The predicted molar refractivity (Wildman–Crippen MR) is 85.9 cm³/mol. The highest BCUT2D eigenvalue weighted by Gasteiger charge is 2.37. The third kappa shape index (κ3) is 5.37. The number of amides is 1. The van der Waals surface area contributed by atoms with Gasteiger partial charge in [-0.2, -0.15) is 27.1 Å². The van der Waals surface area contributed by atoms with Crippen molar-refractivity contribution in [1.29, 1.82) is 0 Å². The Balaban J connectivity index is 2.08. The lowest BCUT2D eigenvalue weighted by Crippen LogP contribution is -2.17. The Morgan fingerprint density at radius 1 is 1.37 bits per heavy atom. The van der Waals surface area contributed by atoms with Crippen LogP contribution in [0.15, 0.2) is 22.7 Å². The number of anilines is 1. The van der Waals surface area contributed by atoms with Crippen molar-refractivity contribution in [3.63, 3.8) is 0 Å². The molecule has 1 N–H and O–H groups in total. The largest absolute Gasteiger partial charge is 0.436 e. The quantitative estimate of drug-likeness (QED) is 0.634. The van der Waals surface area contributed by atoms with Crippen molar-refractivity contribution < 1.29 is 35.9 Å². The highest BCUT2D eigenvalue weighted by atomic mass is 79.9. The Morgan fingerprint density at radius 3 is 2.59 bits per heavy atom. The lowest BCUT2D eigenvalue weighted by atomic mass is 10.2. The summed E-state index contributed by atoms with van der Waals surface area (Å²) in [6.07, 6.45) is -4.97. The third-order valence-corrected chi connectivity index (χ3v) is 4.34. The number of halogens is 7. The highest BCUT2D eigenvalue weighted by molar-refractivity contribution is 9.10. The van der Waals surface area contributed by atoms with Crippen molar-refractivity contribution in [3.05, 3.63) is 39.9 Å².